The van der Waals surface area contributed by atoms with Crippen LogP contribution in [0.15, 0.2) is 40.9 Å². The summed E-state index contributed by atoms with van der Waals surface area (Å²) >= 11 is 0. The number of aliphatic hydroxyl groups is 1. The molecular weight excluding hydrogens is 280 g/mol. The third-order valence-corrected chi connectivity index (χ3v) is 4.16. The van der Waals surface area contributed by atoms with Crippen molar-refractivity contribution in [3.8, 4) is 0 Å². The zero-order chi connectivity index (χ0) is 15.5. The molecule has 0 aliphatic carbocycles. The van der Waals surface area contributed by atoms with Gasteiger partial charge in [-0.3, -0.25) is 4.79 Å². The minimum atomic E-state index is -0.557. The molecular formula is C17H20N2O3. The molecule has 2 atom stereocenters. The first kappa shape index (κ1) is 14.8. The van der Waals surface area contributed by atoms with Gasteiger partial charge in [0.25, 0.3) is 5.91 Å². The zero-order valence-electron chi connectivity index (χ0n) is 12.6. The Kier molecular flexibility index (Phi) is 4.24. The topological polar surface area (TPSA) is 66.6 Å². The van der Waals surface area contributed by atoms with Gasteiger partial charge in [-0.2, -0.15) is 0 Å². The van der Waals surface area contributed by atoms with Gasteiger partial charge in [0.2, 0.25) is 0 Å². The minimum absolute atomic E-state index is 0.0414. The molecule has 1 saturated heterocycles. The van der Waals surface area contributed by atoms with Crippen LogP contribution in [0.1, 0.15) is 47.2 Å². The van der Waals surface area contributed by atoms with E-state index in [0.29, 0.717) is 24.4 Å². The Bertz CT molecular complexity index is 638. The SMILES string of the molecule is Cc1cc(C(=O)N2CCCC2CC(O)c2ccccc2)no1. The molecule has 22 heavy (non-hydrogen) atoms. The monoisotopic (exact) mass is 300 g/mol. The number of aromatic nitrogens is 1. The van der Waals surface area contributed by atoms with E-state index < -0.39 is 6.10 Å². The number of nitrogens with zero attached hydrogens (tertiary/aromatic N) is 2. The lowest BCUT2D eigenvalue weighted by molar-refractivity contribution is 0.0657. The lowest BCUT2D eigenvalue weighted by Gasteiger charge is -2.26. The van der Waals surface area contributed by atoms with Crippen molar-refractivity contribution in [2.45, 2.75) is 38.3 Å². The summed E-state index contributed by atoms with van der Waals surface area (Å²) in [5.41, 5.74) is 1.23. The fourth-order valence-electron chi connectivity index (χ4n) is 3.03. The first-order valence-corrected chi connectivity index (χ1v) is 7.62. The average Bonchev–Trinajstić information content (AvgIpc) is 3.16. The summed E-state index contributed by atoms with van der Waals surface area (Å²) in [5, 5.41) is 14.2. The molecule has 116 valence electrons. The van der Waals surface area contributed by atoms with Crippen LogP contribution in [0.5, 0.6) is 0 Å². The summed E-state index contributed by atoms with van der Waals surface area (Å²) in [7, 11) is 0. The van der Waals surface area contributed by atoms with Gasteiger partial charge >= 0.3 is 0 Å². The summed E-state index contributed by atoms with van der Waals surface area (Å²) in [6.07, 6.45) is 1.85. The molecule has 1 amide bonds. The van der Waals surface area contributed by atoms with Crippen molar-refractivity contribution < 1.29 is 14.4 Å². The number of aliphatic hydroxyl groups excluding tert-OH is 1. The number of benzene rings is 1. The smallest absolute Gasteiger partial charge is 0.276 e. The van der Waals surface area contributed by atoms with Crippen molar-refractivity contribution in [1.82, 2.24) is 10.1 Å². The second-order valence-electron chi connectivity index (χ2n) is 5.78. The standard InChI is InChI=1S/C17H20N2O3/c1-12-10-15(18-22-12)17(21)19-9-5-8-14(19)11-16(20)13-6-3-2-4-7-13/h2-4,6-7,10,14,16,20H,5,8-9,11H2,1H3. The predicted molar refractivity (Wildman–Crippen MR) is 81.3 cm³/mol. The molecule has 3 rings (SSSR count). The van der Waals surface area contributed by atoms with E-state index in [0.717, 1.165) is 18.4 Å². The molecule has 2 heterocycles. The predicted octanol–water partition coefficient (Wildman–Crippen LogP) is 2.71. The zero-order valence-corrected chi connectivity index (χ0v) is 12.6. The molecule has 1 aliphatic rings. The van der Waals surface area contributed by atoms with Gasteiger partial charge in [-0.25, -0.2) is 0 Å². The summed E-state index contributed by atoms with van der Waals surface area (Å²) in [6, 6.07) is 11.3. The molecule has 1 aromatic carbocycles. The summed E-state index contributed by atoms with van der Waals surface area (Å²) < 4.78 is 4.98. The molecule has 2 unspecified atom stereocenters. The van der Waals surface area contributed by atoms with E-state index in [1.54, 1.807) is 13.0 Å². The first-order valence-electron chi connectivity index (χ1n) is 7.62. The van der Waals surface area contributed by atoms with Crippen LogP contribution in [0.3, 0.4) is 0 Å². The van der Waals surface area contributed by atoms with E-state index in [2.05, 4.69) is 5.16 Å². The number of carbonyl (C=O) groups excluding carboxylic acids is 1. The van der Waals surface area contributed by atoms with E-state index in [9.17, 15) is 9.90 Å². The van der Waals surface area contributed by atoms with Crippen molar-refractivity contribution >= 4 is 5.91 Å². The van der Waals surface area contributed by atoms with Crippen LogP contribution in [-0.4, -0.2) is 33.7 Å². The van der Waals surface area contributed by atoms with Gasteiger partial charge in [0.1, 0.15) is 5.76 Å². The van der Waals surface area contributed by atoms with Gasteiger partial charge in [-0.1, -0.05) is 35.5 Å². The van der Waals surface area contributed by atoms with Gasteiger partial charge in [0.05, 0.1) is 6.10 Å². The number of likely N-dealkylation sites (tertiary alicyclic amines) is 1. The fourth-order valence-corrected chi connectivity index (χ4v) is 3.03. The molecule has 5 heteroatoms. The molecule has 1 fully saturated rings. The normalized spacial score (nSPS) is 19.4. The van der Waals surface area contributed by atoms with E-state index >= 15 is 0 Å². The van der Waals surface area contributed by atoms with Gasteiger partial charge in [0, 0.05) is 18.7 Å². The van der Waals surface area contributed by atoms with Crippen LogP contribution in [0, 0.1) is 6.92 Å². The molecule has 1 N–H and O–H groups in total. The van der Waals surface area contributed by atoms with Crippen LogP contribution >= 0.6 is 0 Å². The highest BCUT2D eigenvalue weighted by Gasteiger charge is 2.32. The third-order valence-electron chi connectivity index (χ3n) is 4.16. The van der Waals surface area contributed by atoms with Crippen LogP contribution in [0.25, 0.3) is 0 Å². The Labute approximate surface area is 129 Å². The van der Waals surface area contributed by atoms with E-state index in [-0.39, 0.29) is 11.9 Å². The Morgan fingerprint density at radius 1 is 1.45 bits per heavy atom. The number of aryl methyl sites for hydroxylation is 1. The largest absolute Gasteiger partial charge is 0.388 e. The highest BCUT2D eigenvalue weighted by Crippen LogP contribution is 2.28. The third kappa shape index (κ3) is 3.04. The molecule has 2 aromatic rings. The van der Waals surface area contributed by atoms with Crippen molar-refractivity contribution in [3.05, 3.63) is 53.4 Å². The van der Waals surface area contributed by atoms with Gasteiger partial charge in [-0.05, 0) is 31.7 Å². The Morgan fingerprint density at radius 2 is 2.23 bits per heavy atom. The number of carbonyl (C=O) groups is 1. The second-order valence-corrected chi connectivity index (χ2v) is 5.78. The maximum absolute atomic E-state index is 12.5. The highest BCUT2D eigenvalue weighted by molar-refractivity contribution is 5.92. The fraction of sp³-hybridized carbons (Fsp3) is 0.412. The van der Waals surface area contributed by atoms with Crippen LogP contribution in [0.2, 0.25) is 0 Å². The highest BCUT2D eigenvalue weighted by atomic mass is 16.5. The Hall–Kier alpha value is -2.14. The molecule has 1 aliphatic heterocycles. The van der Waals surface area contributed by atoms with Gasteiger partial charge < -0.3 is 14.5 Å². The Morgan fingerprint density at radius 3 is 2.91 bits per heavy atom. The minimum Gasteiger partial charge on any atom is -0.388 e. The van der Waals surface area contributed by atoms with Crippen LogP contribution in [-0.2, 0) is 0 Å². The van der Waals surface area contributed by atoms with Crippen molar-refractivity contribution in [2.75, 3.05) is 6.54 Å². The molecule has 0 bridgehead atoms. The number of hydrogen-bond donors (Lipinski definition) is 1. The van der Waals surface area contributed by atoms with Crippen LogP contribution < -0.4 is 0 Å². The van der Waals surface area contributed by atoms with Gasteiger partial charge in [0.15, 0.2) is 5.69 Å². The van der Waals surface area contributed by atoms with Crippen molar-refractivity contribution in [3.63, 3.8) is 0 Å². The van der Waals surface area contributed by atoms with E-state index in [1.165, 1.54) is 0 Å². The van der Waals surface area contributed by atoms with E-state index in [1.807, 2.05) is 35.2 Å². The Balaban J connectivity index is 1.69. The lowest BCUT2D eigenvalue weighted by Crippen LogP contribution is -2.36. The second kappa shape index (κ2) is 6.32. The number of amides is 1. The maximum Gasteiger partial charge on any atom is 0.276 e. The van der Waals surface area contributed by atoms with Crippen molar-refractivity contribution in [1.29, 1.82) is 0 Å². The van der Waals surface area contributed by atoms with Crippen molar-refractivity contribution in [2.24, 2.45) is 0 Å². The number of hydrogen-bond acceptors (Lipinski definition) is 4. The van der Waals surface area contributed by atoms with Gasteiger partial charge in [-0.15, -0.1) is 0 Å². The molecule has 1 aromatic heterocycles. The summed E-state index contributed by atoms with van der Waals surface area (Å²) in [6.45, 7) is 2.47. The first-order chi connectivity index (χ1) is 10.6. The van der Waals surface area contributed by atoms with E-state index in [4.69, 9.17) is 4.52 Å². The number of rotatable bonds is 4. The molecule has 5 nitrogen and oxygen atoms in total. The quantitative estimate of drug-likeness (QED) is 0.942. The van der Waals surface area contributed by atoms with Crippen LogP contribution in [0.4, 0.5) is 0 Å². The summed E-state index contributed by atoms with van der Waals surface area (Å²) in [4.78, 5) is 14.3. The summed E-state index contributed by atoms with van der Waals surface area (Å²) in [5.74, 6) is 0.517. The molecule has 0 spiro atoms. The molecule has 0 radical (unpaired) electrons. The average molecular weight is 300 g/mol. The maximum atomic E-state index is 12.5. The lowest BCUT2D eigenvalue weighted by atomic mass is 10.0. The molecule has 0 saturated carbocycles.